The zero-order chi connectivity index (χ0) is 15.0. The average molecular weight is 377 g/mol. The molecular formula is C17H17BrN2OS. The van der Waals surface area contributed by atoms with Crippen molar-refractivity contribution < 1.29 is 4.74 Å². The van der Waals surface area contributed by atoms with Crippen molar-refractivity contribution in [2.45, 2.75) is 4.99 Å². The number of hydrogen-bond donors (Lipinski definition) is 0. The normalized spacial score (nSPS) is 27.9. The maximum atomic E-state index is 5.53. The molecule has 5 heteroatoms. The maximum absolute atomic E-state index is 5.53. The number of allylic oxidation sites excluding steroid dienone is 2. The molecule has 1 fully saturated rings. The van der Waals surface area contributed by atoms with Crippen LogP contribution in [0.15, 0.2) is 58.6 Å². The SMILES string of the molecule is Brc1ccc(C2=CS[C@@]3(N4CCOCC4)C=CC=CN23)cc1. The van der Waals surface area contributed by atoms with E-state index in [9.17, 15) is 0 Å². The second-order valence-corrected chi connectivity index (χ2v) is 7.44. The number of hydrogen-bond acceptors (Lipinski definition) is 4. The van der Waals surface area contributed by atoms with Crippen LogP contribution in [0.3, 0.4) is 0 Å². The van der Waals surface area contributed by atoms with Gasteiger partial charge < -0.3 is 9.64 Å². The van der Waals surface area contributed by atoms with E-state index in [1.165, 1.54) is 11.3 Å². The lowest BCUT2D eigenvalue weighted by atomic mass is 10.1. The van der Waals surface area contributed by atoms with Gasteiger partial charge in [0.25, 0.3) is 0 Å². The summed E-state index contributed by atoms with van der Waals surface area (Å²) in [6, 6.07) is 8.52. The van der Waals surface area contributed by atoms with Gasteiger partial charge in [0, 0.05) is 23.8 Å². The lowest BCUT2D eigenvalue weighted by Crippen LogP contribution is -2.56. The van der Waals surface area contributed by atoms with Crippen LogP contribution in [-0.4, -0.2) is 41.1 Å². The molecule has 0 unspecified atom stereocenters. The van der Waals surface area contributed by atoms with Gasteiger partial charge in [0.15, 0.2) is 4.99 Å². The van der Waals surface area contributed by atoms with Gasteiger partial charge in [0.2, 0.25) is 0 Å². The average Bonchev–Trinajstić information content (AvgIpc) is 2.97. The van der Waals surface area contributed by atoms with Gasteiger partial charge in [-0.1, -0.05) is 45.9 Å². The Labute approximate surface area is 143 Å². The van der Waals surface area contributed by atoms with Crippen molar-refractivity contribution in [2.75, 3.05) is 26.3 Å². The van der Waals surface area contributed by atoms with Gasteiger partial charge in [-0.15, -0.1) is 0 Å². The third kappa shape index (κ3) is 2.36. The van der Waals surface area contributed by atoms with Crippen LogP contribution in [0, 0.1) is 0 Å². The van der Waals surface area contributed by atoms with E-state index in [0.29, 0.717) is 0 Å². The Hall–Kier alpha value is -1.01. The molecule has 22 heavy (non-hydrogen) atoms. The molecule has 0 saturated carbocycles. The monoisotopic (exact) mass is 376 g/mol. The second kappa shape index (κ2) is 5.89. The topological polar surface area (TPSA) is 15.7 Å². The van der Waals surface area contributed by atoms with E-state index in [-0.39, 0.29) is 4.99 Å². The van der Waals surface area contributed by atoms with Crippen LogP contribution in [0.25, 0.3) is 5.70 Å². The summed E-state index contributed by atoms with van der Waals surface area (Å²) in [5.41, 5.74) is 2.50. The number of halogens is 1. The molecule has 3 aliphatic heterocycles. The minimum atomic E-state index is -0.138. The van der Waals surface area contributed by atoms with Crippen LogP contribution in [0.2, 0.25) is 0 Å². The summed E-state index contributed by atoms with van der Waals surface area (Å²) in [7, 11) is 0. The van der Waals surface area contributed by atoms with Crippen molar-refractivity contribution in [1.29, 1.82) is 0 Å². The first-order chi connectivity index (χ1) is 10.8. The lowest BCUT2D eigenvalue weighted by Gasteiger charge is -2.47. The zero-order valence-corrected chi connectivity index (χ0v) is 14.5. The van der Waals surface area contributed by atoms with Crippen LogP contribution < -0.4 is 0 Å². The summed E-state index contributed by atoms with van der Waals surface area (Å²) in [5, 5.41) is 2.28. The molecule has 0 radical (unpaired) electrons. The standard InChI is InChI=1S/C17H17BrN2OS/c18-15-5-3-14(4-6-15)16-13-22-17(7-1-2-8-20(16)17)19-9-11-21-12-10-19/h1-8,13H,9-12H2/t17-/m1/s1. The van der Waals surface area contributed by atoms with E-state index in [1.807, 2.05) is 11.8 Å². The van der Waals surface area contributed by atoms with Crippen molar-refractivity contribution in [3.63, 3.8) is 0 Å². The van der Waals surface area contributed by atoms with Crippen molar-refractivity contribution in [1.82, 2.24) is 9.80 Å². The number of benzene rings is 1. The molecule has 1 aromatic carbocycles. The fourth-order valence-electron chi connectivity index (χ4n) is 3.10. The third-order valence-corrected chi connectivity index (χ3v) is 6.02. The molecule has 0 aromatic heterocycles. The summed E-state index contributed by atoms with van der Waals surface area (Å²) in [4.78, 5) is 4.75. The molecule has 0 spiro atoms. The van der Waals surface area contributed by atoms with Crippen LogP contribution >= 0.6 is 27.7 Å². The highest BCUT2D eigenvalue weighted by atomic mass is 79.9. The molecule has 0 amide bonds. The van der Waals surface area contributed by atoms with Gasteiger partial charge in [0.1, 0.15) is 0 Å². The van der Waals surface area contributed by atoms with Crippen LogP contribution in [0.5, 0.6) is 0 Å². The highest BCUT2D eigenvalue weighted by Crippen LogP contribution is 2.49. The second-order valence-electron chi connectivity index (χ2n) is 5.46. The Morgan fingerprint density at radius 1 is 1.09 bits per heavy atom. The van der Waals surface area contributed by atoms with Crippen LogP contribution in [0.4, 0.5) is 0 Å². The first-order valence-electron chi connectivity index (χ1n) is 7.42. The van der Waals surface area contributed by atoms with E-state index in [1.54, 1.807) is 0 Å². The summed E-state index contributed by atoms with van der Waals surface area (Å²) in [6.07, 6.45) is 8.74. The largest absolute Gasteiger partial charge is 0.379 e. The first kappa shape index (κ1) is 14.6. The van der Waals surface area contributed by atoms with E-state index >= 15 is 0 Å². The molecule has 1 atom stereocenters. The van der Waals surface area contributed by atoms with Gasteiger partial charge in [-0.05, 0) is 35.3 Å². The highest BCUT2D eigenvalue weighted by molar-refractivity contribution is 9.10. The smallest absolute Gasteiger partial charge is 0.169 e. The Morgan fingerprint density at radius 2 is 1.86 bits per heavy atom. The number of morpholine rings is 1. The van der Waals surface area contributed by atoms with Gasteiger partial charge in [-0.2, -0.15) is 0 Å². The predicted molar refractivity (Wildman–Crippen MR) is 95.0 cm³/mol. The van der Waals surface area contributed by atoms with Crippen molar-refractivity contribution >= 4 is 33.4 Å². The van der Waals surface area contributed by atoms with Crippen LogP contribution in [0.1, 0.15) is 5.56 Å². The van der Waals surface area contributed by atoms with Gasteiger partial charge >= 0.3 is 0 Å². The molecule has 0 aliphatic carbocycles. The number of ether oxygens (including phenoxy) is 1. The van der Waals surface area contributed by atoms with Gasteiger partial charge in [-0.25, -0.2) is 0 Å². The van der Waals surface area contributed by atoms with Crippen LogP contribution in [-0.2, 0) is 4.74 Å². The summed E-state index contributed by atoms with van der Waals surface area (Å²) < 4.78 is 6.63. The Morgan fingerprint density at radius 3 is 2.64 bits per heavy atom. The summed E-state index contributed by atoms with van der Waals surface area (Å²) >= 11 is 5.38. The predicted octanol–water partition coefficient (Wildman–Crippen LogP) is 3.87. The number of nitrogens with zero attached hydrogens (tertiary/aromatic N) is 2. The molecule has 0 N–H and O–H groups in total. The number of thioether (sulfide) groups is 1. The molecule has 3 nitrogen and oxygen atoms in total. The maximum Gasteiger partial charge on any atom is 0.169 e. The van der Waals surface area contributed by atoms with Crippen molar-refractivity contribution in [3.8, 4) is 0 Å². The number of rotatable bonds is 2. The summed E-state index contributed by atoms with van der Waals surface area (Å²) in [5.74, 6) is 0. The zero-order valence-electron chi connectivity index (χ0n) is 12.1. The van der Waals surface area contributed by atoms with Crippen molar-refractivity contribution in [2.24, 2.45) is 0 Å². The molecule has 1 aromatic rings. The highest BCUT2D eigenvalue weighted by Gasteiger charge is 2.46. The fraction of sp³-hybridized carbons (Fsp3) is 0.294. The van der Waals surface area contributed by atoms with E-state index in [4.69, 9.17) is 4.74 Å². The molecular weight excluding hydrogens is 360 g/mol. The number of fused-ring (bicyclic) bond motifs is 1. The molecule has 1 saturated heterocycles. The Bertz CT molecular complexity index is 649. The lowest BCUT2D eigenvalue weighted by molar-refractivity contribution is -0.00482. The third-order valence-electron chi connectivity index (χ3n) is 4.21. The van der Waals surface area contributed by atoms with E-state index < -0.39 is 0 Å². The minimum Gasteiger partial charge on any atom is -0.379 e. The first-order valence-corrected chi connectivity index (χ1v) is 9.09. The molecule has 3 aliphatic rings. The van der Waals surface area contributed by atoms with Crippen molar-refractivity contribution in [3.05, 3.63) is 64.1 Å². The Kier molecular flexibility index (Phi) is 3.90. The molecule has 114 valence electrons. The molecule has 4 rings (SSSR count). The molecule has 0 bridgehead atoms. The quantitative estimate of drug-likeness (QED) is 0.777. The summed E-state index contributed by atoms with van der Waals surface area (Å²) in [6.45, 7) is 3.54. The Balaban J connectivity index is 1.68. The molecule has 3 heterocycles. The van der Waals surface area contributed by atoms with E-state index in [2.05, 4.69) is 79.8 Å². The minimum absolute atomic E-state index is 0.138. The fourth-order valence-corrected chi connectivity index (χ4v) is 4.66. The van der Waals surface area contributed by atoms with Gasteiger partial charge in [0.05, 0.1) is 18.9 Å². The van der Waals surface area contributed by atoms with E-state index in [0.717, 1.165) is 30.8 Å². The van der Waals surface area contributed by atoms with Gasteiger partial charge in [-0.3, -0.25) is 4.90 Å².